The van der Waals surface area contributed by atoms with E-state index in [9.17, 15) is 4.39 Å². The Balaban J connectivity index is 2.32. The summed E-state index contributed by atoms with van der Waals surface area (Å²) in [5.74, 6) is -0.279. The fraction of sp³-hybridized carbons (Fsp3) is 0.188. The summed E-state index contributed by atoms with van der Waals surface area (Å²) in [7, 11) is 1.97. The lowest BCUT2D eigenvalue weighted by Gasteiger charge is -2.22. The Bertz CT molecular complexity index is 640. The van der Waals surface area contributed by atoms with E-state index in [4.69, 9.17) is 18.0 Å². The molecule has 0 saturated heterocycles. The minimum Gasteiger partial charge on any atom is -0.389 e. The molecule has 0 aliphatic heterocycles. The molecule has 0 aromatic heterocycles. The number of anilines is 1. The molecule has 0 aliphatic rings. The topological polar surface area (TPSA) is 29.3 Å². The largest absolute Gasteiger partial charge is 0.389 e. The third-order valence-corrected chi connectivity index (χ3v) is 3.49. The smallest absolute Gasteiger partial charge is 0.123 e. The highest BCUT2D eigenvalue weighted by Crippen LogP contribution is 2.21. The molecule has 0 radical (unpaired) electrons. The van der Waals surface area contributed by atoms with E-state index in [2.05, 4.69) is 4.90 Å². The number of hydrogen-bond acceptors (Lipinski definition) is 2. The molecule has 0 atom stereocenters. The molecular formula is C16H17FN2S. The number of thiocarbonyl (C=S) groups is 1. The standard InChI is InChI=1S/C16H17FN2S/c1-11-5-3-4-6-15(11)19(2)10-12-9-13(17)7-8-14(12)16(18)20/h3-9H,10H2,1-2H3,(H2,18,20). The van der Waals surface area contributed by atoms with Crippen molar-refractivity contribution in [2.75, 3.05) is 11.9 Å². The van der Waals surface area contributed by atoms with E-state index < -0.39 is 0 Å². The average molecular weight is 288 g/mol. The number of para-hydroxylation sites is 1. The number of nitrogens with zero attached hydrogens (tertiary/aromatic N) is 1. The predicted molar refractivity (Wildman–Crippen MR) is 85.6 cm³/mol. The van der Waals surface area contributed by atoms with Gasteiger partial charge in [0.2, 0.25) is 0 Å². The Labute approximate surface area is 124 Å². The van der Waals surface area contributed by atoms with Crippen LogP contribution in [0.2, 0.25) is 0 Å². The van der Waals surface area contributed by atoms with Crippen LogP contribution < -0.4 is 10.6 Å². The van der Waals surface area contributed by atoms with Gasteiger partial charge in [0, 0.05) is 24.8 Å². The zero-order valence-corrected chi connectivity index (χ0v) is 12.4. The molecule has 2 aromatic rings. The van der Waals surface area contributed by atoms with Gasteiger partial charge < -0.3 is 10.6 Å². The number of benzene rings is 2. The number of nitrogens with two attached hydrogens (primary N) is 1. The molecule has 2 rings (SSSR count). The first-order valence-electron chi connectivity index (χ1n) is 6.34. The molecule has 0 spiro atoms. The summed E-state index contributed by atoms with van der Waals surface area (Å²) in [6.07, 6.45) is 0. The van der Waals surface area contributed by atoms with Gasteiger partial charge in [0.15, 0.2) is 0 Å². The number of rotatable bonds is 4. The van der Waals surface area contributed by atoms with Gasteiger partial charge in [-0.2, -0.15) is 0 Å². The summed E-state index contributed by atoms with van der Waals surface area (Å²) in [6.45, 7) is 2.60. The van der Waals surface area contributed by atoms with Gasteiger partial charge in [-0.25, -0.2) is 4.39 Å². The Morgan fingerprint density at radius 3 is 2.60 bits per heavy atom. The lowest BCUT2D eigenvalue weighted by molar-refractivity contribution is 0.625. The molecule has 0 heterocycles. The number of aryl methyl sites for hydroxylation is 1. The highest BCUT2D eigenvalue weighted by molar-refractivity contribution is 7.80. The zero-order valence-electron chi connectivity index (χ0n) is 11.6. The summed E-state index contributed by atoms with van der Waals surface area (Å²) in [4.78, 5) is 2.35. The molecule has 104 valence electrons. The zero-order chi connectivity index (χ0) is 14.7. The minimum absolute atomic E-state index is 0.279. The third-order valence-electron chi connectivity index (χ3n) is 3.27. The van der Waals surface area contributed by atoms with Gasteiger partial charge in [-0.1, -0.05) is 30.4 Å². The van der Waals surface area contributed by atoms with Gasteiger partial charge in [-0.05, 0) is 42.3 Å². The molecule has 2 nitrogen and oxygen atoms in total. The predicted octanol–water partition coefficient (Wildman–Crippen LogP) is 3.40. The van der Waals surface area contributed by atoms with Crippen molar-refractivity contribution >= 4 is 22.9 Å². The first kappa shape index (κ1) is 14.5. The van der Waals surface area contributed by atoms with Gasteiger partial charge >= 0.3 is 0 Å². The fourth-order valence-electron chi connectivity index (χ4n) is 2.27. The second-order valence-electron chi connectivity index (χ2n) is 4.81. The monoisotopic (exact) mass is 288 g/mol. The molecule has 0 aliphatic carbocycles. The molecular weight excluding hydrogens is 271 g/mol. The molecule has 4 heteroatoms. The normalized spacial score (nSPS) is 10.3. The number of halogens is 1. The first-order chi connectivity index (χ1) is 9.49. The fourth-order valence-corrected chi connectivity index (χ4v) is 2.47. The van der Waals surface area contributed by atoms with Gasteiger partial charge in [0.1, 0.15) is 10.8 Å². The van der Waals surface area contributed by atoms with E-state index in [0.29, 0.717) is 6.54 Å². The second-order valence-corrected chi connectivity index (χ2v) is 5.25. The van der Waals surface area contributed by atoms with Crippen LogP contribution in [0, 0.1) is 12.7 Å². The molecule has 0 unspecified atom stereocenters. The molecule has 2 N–H and O–H groups in total. The maximum atomic E-state index is 13.4. The first-order valence-corrected chi connectivity index (χ1v) is 6.75. The van der Waals surface area contributed by atoms with E-state index in [1.807, 2.05) is 38.2 Å². The van der Waals surface area contributed by atoms with E-state index >= 15 is 0 Å². The summed E-state index contributed by atoms with van der Waals surface area (Å²) in [6, 6.07) is 12.6. The SMILES string of the molecule is Cc1ccccc1N(C)Cc1cc(F)ccc1C(N)=S. The van der Waals surface area contributed by atoms with E-state index in [1.54, 1.807) is 6.07 Å². The van der Waals surface area contributed by atoms with Crippen molar-refractivity contribution in [2.24, 2.45) is 5.73 Å². The molecule has 0 bridgehead atoms. The van der Waals surface area contributed by atoms with Crippen LogP contribution in [0.1, 0.15) is 16.7 Å². The second kappa shape index (κ2) is 6.01. The Morgan fingerprint density at radius 1 is 1.25 bits per heavy atom. The van der Waals surface area contributed by atoms with Crippen LogP contribution in [0.15, 0.2) is 42.5 Å². The molecule has 0 saturated carbocycles. The van der Waals surface area contributed by atoms with Crippen molar-refractivity contribution in [3.05, 3.63) is 65.0 Å². The van der Waals surface area contributed by atoms with Crippen LogP contribution >= 0.6 is 12.2 Å². The Kier molecular flexibility index (Phi) is 4.35. The van der Waals surface area contributed by atoms with Crippen LogP contribution in [0.25, 0.3) is 0 Å². The van der Waals surface area contributed by atoms with E-state index in [-0.39, 0.29) is 10.8 Å². The van der Waals surface area contributed by atoms with Crippen molar-refractivity contribution in [1.29, 1.82) is 0 Å². The summed E-state index contributed by atoms with van der Waals surface area (Å²) >= 11 is 5.02. The van der Waals surface area contributed by atoms with Gasteiger partial charge in [-0.3, -0.25) is 0 Å². The summed E-state index contributed by atoms with van der Waals surface area (Å²) in [5.41, 5.74) is 9.49. The summed E-state index contributed by atoms with van der Waals surface area (Å²) in [5, 5.41) is 0. The van der Waals surface area contributed by atoms with E-state index in [0.717, 1.165) is 16.8 Å². The average Bonchev–Trinajstić information content (AvgIpc) is 2.38. The Hall–Kier alpha value is -1.94. The van der Waals surface area contributed by atoms with Crippen molar-refractivity contribution < 1.29 is 4.39 Å². The molecule has 2 aromatic carbocycles. The summed E-state index contributed by atoms with van der Waals surface area (Å²) < 4.78 is 13.4. The van der Waals surface area contributed by atoms with E-state index in [1.165, 1.54) is 17.7 Å². The van der Waals surface area contributed by atoms with Gasteiger partial charge in [0.05, 0.1) is 0 Å². The molecule has 20 heavy (non-hydrogen) atoms. The van der Waals surface area contributed by atoms with Gasteiger partial charge in [-0.15, -0.1) is 0 Å². The highest BCUT2D eigenvalue weighted by atomic mass is 32.1. The maximum Gasteiger partial charge on any atom is 0.123 e. The van der Waals surface area contributed by atoms with Crippen LogP contribution in [-0.4, -0.2) is 12.0 Å². The molecule has 0 fully saturated rings. The molecule has 0 amide bonds. The Morgan fingerprint density at radius 2 is 1.95 bits per heavy atom. The third kappa shape index (κ3) is 3.14. The van der Waals surface area contributed by atoms with Crippen molar-refractivity contribution in [3.63, 3.8) is 0 Å². The van der Waals surface area contributed by atoms with Crippen molar-refractivity contribution in [2.45, 2.75) is 13.5 Å². The highest BCUT2D eigenvalue weighted by Gasteiger charge is 2.11. The van der Waals surface area contributed by atoms with Crippen LogP contribution in [0.4, 0.5) is 10.1 Å². The number of hydrogen-bond donors (Lipinski definition) is 1. The van der Waals surface area contributed by atoms with Crippen LogP contribution in [-0.2, 0) is 6.54 Å². The lowest BCUT2D eigenvalue weighted by atomic mass is 10.1. The minimum atomic E-state index is -0.279. The van der Waals surface area contributed by atoms with Crippen molar-refractivity contribution in [1.82, 2.24) is 0 Å². The van der Waals surface area contributed by atoms with Crippen LogP contribution in [0.5, 0.6) is 0 Å². The van der Waals surface area contributed by atoms with Crippen molar-refractivity contribution in [3.8, 4) is 0 Å². The lowest BCUT2D eigenvalue weighted by Crippen LogP contribution is -2.21. The van der Waals surface area contributed by atoms with Crippen LogP contribution in [0.3, 0.4) is 0 Å². The maximum absolute atomic E-state index is 13.4. The van der Waals surface area contributed by atoms with Gasteiger partial charge in [0.25, 0.3) is 0 Å². The quantitative estimate of drug-likeness (QED) is 0.874.